The normalized spacial score (nSPS) is 10.1. The number of aryl methyl sites for hydroxylation is 1. The second-order valence-electron chi connectivity index (χ2n) is 4.56. The van der Waals surface area contributed by atoms with Crippen molar-refractivity contribution in [3.8, 4) is 11.5 Å². The Balaban J connectivity index is 1.85. The molecule has 0 saturated heterocycles. The fourth-order valence-corrected chi connectivity index (χ4v) is 1.95. The summed E-state index contributed by atoms with van der Waals surface area (Å²) in [6.07, 6.45) is 1.65. The van der Waals surface area contributed by atoms with E-state index in [1.807, 2.05) is 13.8 Å². The molecule has 116 valence electrons. The maximum absolute atomic E-state index is 11.8. The van der Waals surface area contributed by atoms with Gasteiger partial charge in [-0.15, -0.1) is 0 Å². The van der Waals surface area contributed by atoms with E-state index >= 15 is 0 Å². The molecule has 0 aliphatic rings. The van der Waals surface area contributed by atoms with Crippen LogP contribution in [0.4, 0.5) is 5.82 Å². The number of halogens is 1. The minimum atomic E-state index is -0.261. The zero-order chi connectivity index (χ0) is 15.9. The van der Waals surface area contributed by atoms with Crippen molar-refractivity contribution in [3.05, 3.63) is 46.6 Å². The van der Waals surface area contributed by atoms with Gasteiger partial charge in [0.2, 0.25) is 0 Å². The average molecular weight is 365 g/mol. The molecule has 0 saturated carbocycles. The van der Waals surface area contributed by atoms with Crippen LogP contribution in [0.2, 0.25) is 0 Å². The van der Waals surface area contributed by atoms with Gasteiger partial charge in [-0.1, -0.05) is 0 Å². The number of benzene rings is 1. The Kier molecular flexibility index (Phi) is 5.77. The second-order valence-corrected chi connectivity index (χ2v) is 5.41. The van der Waals surface area contributed by atoms with Gasteiger partial charge in [-0.3, -0.25) is 4.79 Å². The Labute approximate surface area is 137 Å². The van der Waals surface area contributed by atoms with Crippen LogP contribution in [-0.4, -0.2) is 24.1 Å². The quantitative estimate of drug-likeness (QED) is 0.850. The van der Waals surface area contributed by atoms with Crippen molar-refractivity contribution >= 4 is 27.7 Å². The van der Waals surface area contributed by atoms with Crippen molar-refractivity contribution in [2.24, 2.45) is 0 Å². The van der Waals surface area contributed by atoms with Crippen LogP contribution in [0.5, 0.6) is 11.5 Å². The molecule has 0 fully saturated rings. The maximum atomic E-state index is 11.8. The van der Waals surface area contributed by atoms with Crippen molar-refractivity contribution in [2.45, 2.75) is 13.8 Å². The number of hydrogen-bond donors (Lipinski definition) is 1. The third-order valence-electron chi connectivity index (χ3n) is 2.82. The zero-order valence-corrected chi connectivity index (χ0v) is 14.0. The fourth-order valence-electron chi connectivity index (χ4n) is 1.73. The first kappa shape index (κ1) is 16.3. The van der Waals surface area contributed by atoms with Crippen LogP contribution >= 0.6 is 15.9 Å². The van der Waals surface area contributed by atoms with E-state index in [0.29, 0.717) is 18.2 Å². The van der Waals surface area contributed by atoms with E-state index in [9.17, 15) is 4.79 Å². The van der Waals surface area contributed by atoms with Crippen LogP contribution in [0, 0.1) is 6.92 Å². The molecular weight excluding hydrogens is 348 g/mol. The molecule has 6 heteroatoms. The molecule has 2 aromatic rings. The first-order chi connectivity index (χ1) is 10.6. The summed E-state index contributed by atoms with van der Waals surface area (Å²) in [5.74, 6) is 1.62. The summed E-state index contributed by atoms with van der Waals surface area (Å²) in [5, 5.41) is 2.69. The smallest absolute Gasteiger partial charge is 0.263 e. The number of carbonyl (C=O) groups is 1. The van der Waals surface area contributed by atoms with Crippen molar-refractivity contribution in [2.75, 3.05) is 18.5 Å². The second kappa shape index (κ2) is 7.79. The summed E-state index contributed by atoms with van der Waals surface area (Å²) in [5.41, 5.74) is 0.998. The lowest BCUT2D eigenvalue weighted by Gasteiger charge is -2.09. The molecule has 1 heterocycles. The van der Waals surface area contributed by atoms with Gasteiger partial charge in [-0.2, -0.15) is 0 Å². The summed E-state index contributed by atoms with van der Waals surface area (Å²) >= 11 is 3.36. The lowest BCUT2D eigenvalue weighted by atomic mass is 10.3. The van der Waals surface area contributed by atoms with Crippen molar-refractivity contribution in [1.82, 2.24) is 4.98 Å². The first-order valence-corrected chi connectivity index (χ1v) is 7.65. The number of rotatable bonds is 6. The van der Waals surface area contributed by atoms with Crippen LogP contribution in [0.3, 0.4) is 0 Å². The number of aromatic nitrogens is 1. The number of amides is 1. The van der Waals surface area contributed by atoms with E-state index in [-0.39, 0.29) is 12.5 Å². The number of pyridine rings is 1. The molecule has 0 spiro atoms. The van der Waals surface area contributed by atoms with Gasteiger partial charge in [0, 0.05) is 10.7 Å². The summed E-state index contributed by atoms with van der Waals surface area (Å²) in [6.45, 7) is 4.39. The summed E-state index contributed by atoms with van der Waals surface area (Å²) in [6, 6.07) is 8.92. The van der Waals surface area contributed by atoms with Gasteiger partial charge in [0.1, 0.15) is 17.3 Å². The molecule has 22 heavy (non-hydrogen) atoms. The van der Waals surface area contributed by atoms with Crippen molar-refractivity contribution in [1.29, 1.82) is 0 Å². The number of ether oxygens (including phenoxy) is 2. The third kappa shape index (κ3) is 4.73. The monoisotopic (exact) mass is 364 g/mol. The lowest BCUT2D eigenvalue weighted by molar-refractivity contribution is -0.118. The minimum Gasteiger partial charge on any atom is -0.494 e. The van der Waals surface area contributed by atoms with Gasteiger partial charge in [-0.05, 0) is 65.7 Å². The molecule has 0 radical (unpaired) electrons. The predicted octanol–water partition coefficient (Wildman–Crippen LogP) is 3.57. The topological polar surface area (TPSA) is 60.5 Å². The standard InChI is InChI=1S/C16H17BrN2O3/c1-3-21-12-4-6-13(7-5-12)22-10-16(20)19-15-8-11(2)14(17)9-18-15/h4-9H,3,10H2,1-2H3,(H,18,19,20). The Bertz CT molecular complexity index is 644. The van der Waals surface area contributed by atoms with E-state index in [4.69, 9.17) is 9.47 Å². The van der Waals surface area contributed by atoms with Gasteiger partial charge in [0.25, 0.3) is 5.91 Å². The minimum absolute atomic E-state index is 0.0786. The fraction of sp³-hybridized carbons (Fsp3) is 0.250. The van der Waals surface area contributed by atoms with E-state index in [2.05, 4.69) is 26.2 Å². The molecule has 5 nitrogen and oxygen atoms in total. The largest absolute Gasteiger partial charge is 0.494 e. The molecule has 2 rings (SSSR count). The molecule has 0 unspecified atom stereocenters. The maximum Gasteiger partial charge on any atom is 0.263 e. The highest BCUT2D eigenvalue weighted by molar-refractivity contribution is 9.10. The van der Waals surface area contributed by atoms with Gasteiger partial charge >= 0.3 is 0 Å². The molecular formula is C16H17BrN2O3. The van der Waals surface area contributed by atoms with Crippen LogP contribution < -0.4 is 14.8 Å². The third-order valence-corrected chi connectivity index (χ3v) is 3.65. The summed E-state index contributed by atoms with van der Waals surface area (Å²) < 4.78 is 11.7. The predicted molar refractivity (Wildman–Crippen MR) is 88.4 cm³/mol. The molecule has 0 aliphatic carbocycles. The highest BCUT2D eigenvalue weighted by Gasteiger charge is 2.06. The number of carbonyl (C=O) groups excluding carboxylic acids is 1. The van der Waals surface area contributed by atoms with Crippen LogP contribution in [0.15, 0.2) is 41.0 Å². The SMILES string of the molecule is CCOc1ccc(OCC(=O)Nc2cc(C)c(Br)cn2)cc1. The van der Waals surface area contributed by atoms with Gasteiger partial charge < -0.3 is 14.8 Å². The van der Waals surface area contributed by atoms with Crippen LogP contribution in [0.1, 0.15) is 12.5 Å². The van der Waals surface area contributed by atoms with E-state index in [1.165, 1.54) is 0 Å². The van der Waals surface area contributed by atoms with E-state index in [1.54, 1.807) is 36.5 Å². The highest BCUT2D eigenvalue weighted by atomic mass is 79.9. The first-order valence-electron chi connectivity index (χ1n) is 6.86. The Morgan fingerprint density at radius 1 is 1.23 bits per heavy atom. The van der Waals surface area contributed by atoms with E-state index in [0.717, 1.165) is 15.8 Å². The van der Waals surface area contributed by atoms with Crippen LogP contribution in [0.25, 0.3) is 0 Å². The molecule has 0 atom stereocenters. The molecule has 1 N–H and O–H groups in total. The highest BCUT2D eigenvalue weighted by Crippen LogP contribution is 2.18. The summed E-state index contributed by atoms with van der Waals surface area (Å²) in [7, 11) is 0. The average Bonchev–Trinajstić information content (AvgIpc) is 2.51. The van der Waals surface area contributed by atoms with Gasteiger partial charge in [-0.25, -0.2) is 4.98 Å². The van der Waals surface area contributed by atoms with Gasteiger partial charge in [0.05, 0.1) is 6.61 Å². The number of nitrogens with zero attached hydrogens (tertiary/aromatic N) is 1. The molecule has 0 aliphatic heterocycles. The Hall–Kier alpha value is -2.08. The molecule has 1 aromatic heterocycles. The number of hydrogen-bond acceptors (Lipinski definition) is 4. The number of anilines is 1. The van der Waals surface area contributed by atoms with Crippen molar-refractivity contribution < 1.29 is 14.3 Å². The number of nitrogens with one attached hydrogen (secondary N) is 1. The van der Waals surface area contributed by atoms with Gasteiger partial charge in [0.15, 0.2) is 6.61 Å². The lowest BCUT2D eigenvalue weighted by Crippen LogP contribution is -2.20. The van der Waals surface area contributed by atoms with E-state index < -0.39 is 0 Å². The Morgan fingerprint density at radius 2 is 1.86 bits per heavy atom. The summed E-state index contributed by atoms with van der Waals surface area (Å²) in [4.78, 5) is 16.0. The van der Waals surface area contributed by atoms with Crippen LogP contribution in [-0.2, 0) is 4.79 Å². The zero-order valence-electron chi connectivity index (χ0n) is 12.4. The van der Waals surface area contributed by atoms with Crippen molar-refractivity contribution in [3.63, 3.8) is 0 Å². The Morgan fingerprint density at radius 3 is 2.45 bits per heavy atom. The molecule has 1 amide bonds. The molecule has 0 bridgehead atoms. The molecule has 1 aromatic carbocycles.